The number of aliphatic hydroxyl groups excluding tert-OH is 7. The number of esters is 2. The van der Waals surface area contributed by atoms with Gasteiger partial charge in [-0.05, 0) is 44.9 Å². The standard InChI is InChI=1S/C53H94O15/c1-3-5-7-9-11-13-15-17-19-20-22-24-26-28-30-32-34-36-45(56)66-41(38-63-44(55)35-33-31-29-27-25-23-21-18-16-14-12-10-8-6-4-2)39-64-52-51(62)49(60)47(58)43(68-52)40-65-53-50(61)48(59)46(57)42(37-54)67-53/h6,8,12,14,18,21,41-43,46-54,57-62H,3-5,7,9-11,13,15-17,19-20,22-40H2,1-2H3/b8-6+,14-12+,21-18+/t41-,42+,43+,46-,47-,48?,49?,50?,51?,52+,53+/m1/s1. The molecule has 2 aliphatic heterocycles. The zero-order valence-corrected chi connectivity index (χ0v) is 41.8. The minimum absolute atomic E-state index is 0.164. The summed E-state index contributed by atoms with van der Waals surface area (Å²) in [7, 11) is 0. The van der Waals surface area contributed by atoms with Gasteiger partial charge in [0.15, 0.2) is 18.7 Å². The second-order valence-electron chi connectivity index (χ2n) is 18.7. The molecule has 4 unspecified atom stereocenters. The summed E-state index contributed by atoms with van der Waals surface area (Å²) in [6.45, 7) is 2.48. The largest absolute Gasteiger partial charge is 0.462 e. The zero-order chi connectivity index (χ0) is 49.6. The Labute approximate surface area is 408 Å². The second-order valence-corrected chi connectivity index (χ2v) is 18.7. The summed E-state index contributed by atoms with van der Waals surface area (Å²) in [6, 6.07) is 0. The van der Waals surface area contributed by atoms with Crippen LogP contribution in [0.15, 0.2) is 36.5 Å². The topological polar surface area (TPSA) is 231 Å². The Balaban J connectivity index is 1.80. The highest BCUT2D eigenvalue weighted by Gasteiger charge is 2.47. The first-order valence-electron chi connectivity index (χ1n) is 26.6. The number of aliphatic hydroxyl groups is 7. The maximum atomic E-state index is 13.0. The van der Waals surface area contributed by atoms with Gasteiger partial charge in [-0.3, -0.25) is 9.59 Å². The average Bonchev–Trinajstić information content (AvgIpc) is 3.33. The van der Waals surface area contributed by atoms with Crippen molar-refractivity contribution in [3.8, 4) is 0 Å². The smallest absolute Gasteiger partial charge is 0.306 e. The lowest BCUT2D eigenvalue weighted by Crippen LogP contribution is -2.61. The van der Waals surface area contributed by atoms with Gasteiger partial charge in [-0.15, -0.1) is 0 Å². The Hall–Kier alpha value is -2.28. The number of carbonyl (C=O) groups is 2. The lowest BCUT2D eigenvalue weighted by molar-refractivity contribution is -0.332. The molecule has 2 aliphatic rings. The molecule has 0 aromatic carbocycles. The Bertz CT molecular complexity index is 1330. The molecule has 0 aromatic heterocycles. The van der Waals surface area contributed by atoms with Crippen molar-refractivity contribution in [2.45, 2.75) is 261 Å². The van der Waals surface area contributed by atoms with E-state index in [-0.39, 0.29) is 26.1 Å². The molecule has 11 atom stereocenters. The summed E-state index contributed by atoms with van der Waals surface area (Å²) in [5.74, 6) is -0.939. The van der Waals surface area contributed by atoms with Crippen molar-refractivity contribution in [2.75, 3.05) is 26.4 Å². The van der Waals surface area contributed by atoms with Crippen LogP contribution < -0.4 is 0 Å². The van der Waals surface area contributed by atoms with E-state index in [1.165, 1.54) is 83.5 Å². The van der Waals surface area contributed by atoms with Crippen LogP contribution in [0.3, 0.4) is 0 Å². The van der Waals surface area contributed by atoms with Gasteiger partial charge in [0, 0.05) is 12.8 Å². The molecule has 396 valence electrons. The van der Waals surface area contributed by atoms with Gasteiger partial charge in [0.1, 0.15) is 55.4 Å². The highest BCUT2D eigenvalue weighted by Crippen LogP contribution is 2.26. The van der Waals surface area contributed by atoms with E-state index in [4.69, 9.17) is 28.4 Å². The highest BCUT2D eigenvalue weighted by molar-refractivity contribution is 5.70. The van der Waals surface area contributed by atoms with E-state index in [0.717, 1.165) is 70.6 Å². The minimum atomic E-state index is -1.77. The molecule has 0 radical (unpaired) electrons. The van der Waals surface area contributed by atoms with Crippen LogP contribution >= 0.6 is 0 Å². The quantitative estimate of drug-likeness (QED) is 0.0177. The van der Waals surface area contributed by atoms with Gasteiger partial charge in [0.2, 0.25) is 0 Å². The molecule has 0 saturated carbocycles. The van der Waals surface area contributed by atoms with E-state index in [9.17, 15) is 45.3 Å². The van der Waals surface area contributed by atoms with E-state index >= 15 is 0 Å². The maximum Gasteiger partial charge on any atom is 0.306 e. The molecular weight excluding hydrogens is 877 g/mol. The lowest BCUT2D eigenvalue weighted by atomic mass is 9.98. The average molecular weight is 971 g/mol. The van der Waals surface area contributed by atoms with Gasteiger partial charge < -0.3 is 64.2 Å². The molecule has 0 aliphatic carbocycles. The van der Waals surface area contributed by atoms with Gasteiger partial charge in [0.05, 0.1) is 19.8 Å². The molecule has 0 bridgehead atoms. The first kappa shape index (κ1) is 61.8. The molecule has 2 heterocycles. The number of hydrogen-bond acceptors (Lipinski definition) is 15. The molecule has 15 nitrogen and oxygen atoms in total. The summed E-state index contributed by atoms with van der Waals surface area (Å²) in [4.78, 5) is 25.8. The molecular formula is C53H94O15. The van der Waals surface area contributed by atoms with E-state index in [1.54, 1.807) is 0 Å². The van der Waals surface area contributed by atoms with E-state index in [0.29, 0.717) is 12.8 Å². The van der Waals surface area contributed by atoms with Crippen LogP contribution in [0, 0.1) is 0 Å². The van der Waals surface area contributed by atoms with Crippen LogP contribution in [0.1, 0.15) is 194 Å². The van der Waals surface area contributed by atoms with E-state index < -0.39 is 92.7 Å². The van der Waals surface area contributed by atoms with Gasteiger partial charge in [-0.1, -0.05) is 172 Å². The van der Waals surface area contributed by atoms with E-state index in [1.807, 2.05) is 0 Å². The van der Waals surface area contributed by atoms with Gasteiger partial charge in [-0.25, -0.2) is 0 Å². The lowest BCUT2D eigenvalue weighted by Gasteiger charge is -2.42. The third-order valence-electron chi connectivity index (χ3n) is 12.6. The van der Waals surface area contributed by atoms with Gasteiger partial charge in [0.25, 0.3) is 0 Å². The van der Waals surface area contributed by atoms with Crippen molar-refractivity contribution in [1.29, 1.82) is 0 Å². The van der Waals surface area contributed by atoms with Crippen molar-refractivity contribution in [3.05, 3.63) is 36.5 Å². The summed E-state index contributed by atoms with van der Waals surface area (Å²) in [5, 5.41) is 72.1. The highest BCUT2D eigenvalue weighted by atomic mass is 16.7. The SMILES string of the molecule is CC/C=C/C/C=C/C/C=C/CCCCCCCC(=O)OC[C@H](CO[C@H]1O[C@@H](CO[C@H]2O[C@@H](CO)[C@@H](O)C(O)C2O)[C@@H](O)C(O)C1O)OC(=O)CCCCCCCCCCCCCCCCCCC. The molecule has 0 spiro atoms. The number of allylic oxidation sites excluding steroid dienone is 6. The van der Waals surface area contributed by atoms with Crippen LogP contribution in [0.4, 0.5) is 0 Å². The predicted octanol–water partition coefficient (Wildman–Crippen LogP) is 7.71. The van der Waals surface area contributed by atoms with E-state index in [2.05, 4.69) is 50.3 Å². The van der Waals surface area contributed by atoms with Gasteiger partial charge >= 0.3 is 11.9 Å². The molecule has 0 aromatic rings. The van der Waals surface area contributed by atoms with Crippen molar-refractivity contribution in [2.24, 2.45) is 0 Å². The fraction of sp³-hybridized carbons (Fsp3) is 0.849. The number of hydrogen-bond donors (Lipinski definition) is 7. The third kappa shape index (κ3) is 27.9. The van der Waals surface area contributed by atoms with Crippen LogP contribution in [-0.4, -0.2) is 142 Å². The normalized spacial score (nSPS) is 26.0. The molecule has 7 N–H and O–H groups in total. The van der Waals surface area contributed by atoms with Crippen molar-refractivity contribution >= 4 is 11.9 Å². The number of rotatable bonds is 41. The van der Waals surface area contributed by atoms with Crippen LogP contribution in [0.2, 0.25) is 0 Å². The molecule has 2 rings (SSSR count). The number of unbranched alkanes of at least 4 members (excludes halogenated alkanes) is 21. The minimum Gasteiger partial charge on any atom is -0.462 e. The van der Waals surface area contributed by atoms with Crippen molar-refractivity contribution < 1.29 is 73.8 Å². The van der Waals surface area contributed by atoms with Crippen molar-refractivity contribution in [1.82, 2.24) is 0 Å². The van der Waals surface area contributed by atoms with Crippen LogP contribution in [0.25, 0.3) is 0 Å². The Morgan fingerprint density at radius 1 is 0.485 bits per heavy atom. The summed E-state index contributed by atoms with van der Waals surface area (Å²) in [6.07, 6.45) is 26.0. The van der Waals surface area contributed by atoms with Gasteiger partial charge in [-0.2, -0.15) is 0 Å². The van der Waals surface area contributed by atoms with Crippen LogP contribution in [-0.2, 0) is 38.0 Å². The van der Waals surface area contributed by atoms with Crippen molar-refractivity contribution in [3.63, 3.8) is 0 Å². The fourth-order valence-corrected chi connectivity index (χ4v) is 8.29. The molecule has 2 saturated heterocycles. The Kier molecular flexibility index (Phi) is 36.7. The zero-order valence-electron chi connectivity index (χ0n) is 41.8. The molecule has 15 heteroatoms. The molecule has 0 amide bonds. The fourth-order valence-electron chi connectivity index (χ4n) is 8.29. The first-order valence-corrected chi connectivity index (χ1v) is 26.6. The number of ether oxygens (including phenoxy) is 6. The second kappa shape index (κ2) is 40.3. The first-order chi connectivity index (χ1) is 33.0. The summed E-state index contributed by atoms with van der Waals surface area (Å²) < 4.78 is 33.6. The summed E-state index contributed by atoms with van der Waals surface area (Å²) in [5.41, 5.74) is 0. The third-order valence-corrected chi connectivity index (χ3v) is 12.6. The monoisotopic (exact) mass is 971 g/mol. The maximum absolute atomic E-state index is 13.0. The van der Waals surface area contributed by atoms with Crippen LogP contribution in [0.5, 0.6) is 0 Å². The Morgan fingerprint density at radius 3 is 1.46 bits per heavy atom. The predicted molar refractivity (Wildman–Crippen MR) is 261 cm³/mol. The Morgan fingerprint density at radius 2 is 0.926 bits per heavy atom. The number of carbonyl (C=O) groups excluding carboxylic acids is 2. The molecule has 68 heavy (non-hydrogen) atoms. The summed E-state index contributed by atoms with van der Waals surface area (Å²) >= 11 is 0. The molecule has 2 fully saturated rings.